The van der Waals surface area contributed by atoms with Gasteiger partial charge in [0.2, 0.25) is 11.6 Å². The third-order valence-electron chi connectivity index (χ3n) is 4.03. The molecule has 0 aliphatic carbocycles. The maximum absolute atomic E-state index is 12.7. The Bertz CT molecular complexity index is 942. The van der Waals surface area contributed by atoms with Crippen molar-refractivity contribution in [3.63, 3.8) is 0 Å². The standard InChI is InChI=1S/C17H23N9O2S/c1-3-7-25(8-4-2)11-13-14(17(27)21-19-10-12-6-5-9-29-12)20-24-26(13)16-15(18)22-28-23-16/h5-6,9-10H,3-4,7-8,11H2,1-2H3,(H2,18,22)(H,21,27)/b19-10+. The fraction of sp³-hybridized carbons (Fsp3) is 0.412. The van der Waals surface area contributed by atoms with Crippen LogP contribution >= 0.6 is 11.3 Å². The highest BCUT2D eigenvalue weighted by molar-refractivity contribution is 7.11. The van der Waals surface area contributed by atoms with Gasteiger partial charge in [-0.2, -0.15) is 9.78 Å². The van der Waals surface area contributed by atoms with Crippen LogP contribution in [0.4, 0.5) is 5.82 Å². The number of thiophene rings is 1. The summed E-state index contributed by atoms with van der Waals surface area (Å²) in [5, 5.41) is 21.4. The van der Waals surface area contributed by atoms with Crippen molar-refractivity contribution in [3.8, 4) is 5.82 Å². The summed E-state index contributed by atoms with van der Waals surface area (Å²) in [7, 11) is 0. The second kappa shape index (κ2) is 9.89. The zero-order valence-corrected chi connectivity index (χ0v) is 17.1. The van der Waals surface area contributed by atoms with Gasteiger partial charge in [0.25, 0.3) is 5.91 Å². The van der Waals surface area contributed by atoms with E-state index in [0.717, 1.165) is 30.8 Å². The quantitative estimate of drug-likeness (QED) is 0.375. The number of amides is 1. The van der Waals surface area contributed by atoms with Gasteiger partial charge in [-0.05, 0) is 47.7 Å². The fourth-order valence-electron chi connectivity index (χ4n) is 2.81. The summed E-state index contributed by atoms with van der Waals surface area (Å²) < 4.78 is 6.07. The van der Waals surface area contributed by atoms with Crippen LogP contribution in [0.2, 0.25) is 0 Å². The lowest BCUT2D eigenvalue weighted by Crippen LogP contribution is -2.28. The van der Waals surface area contributed by atoms with E-state index >= 15 is 0 Å². The van der Waals surface area contributed by atoms with Crippen LogP contribution in [-0.4, -0.2) is 55.4 Å². The molecule has 0 saturated carbocycles. The summed E-state index contributed by atoms with van der Waals surface area (Å²) >= 11 is 1.52. The summed E-state index contributed by atoms with van der Waals surface area (Å²) in [5.41, 5.74) is 9.00. The first-order chi connectivity index (χ1) is 14.1. The zero-order valence-electron chi connectivity index (χ0n) is 16.3. The largest absolute Gasteiger partial charge is 0.378 e. The Balaban J connectivity index is 1.88. The first-order valence-electron chi connectivity index (χ1n) is 9.26. The predicted molar refractivity (Wildman–Crippen MR) is 109 cm³/mol. The highest BCUT2D eigenvalue weighted by Crippen LogP contribution is 2.18. The summed E-state index contributed by atoms with van der Waals surface area (Å²) in [4.78, 5) is 15.8. The van der Waals surface area contributed by atoms with Crippen LogP contribution in [0.5, 0.6) is 0 Å². The van der Waals surface area contributed by atoms with Gasteiger partial charge in [0.15, 0.2) is 5.69 Å². The molecule has 3 rings (SSSR count). The molecule has 3 N–H and O–H groups in total. The number of anilines is 1. The molecule has 0 spiro atoms. The average molecular weight is 417 g/mol. The Hall–Kier alpha value is -3.12. The van der Waals surface area contributed by atoms with Crippen LogP contribution in [0.25, 0.3) is 5.82 Å². The van der Waals surface area contributed by atoms with E-state index in [1.807, 2.05) is 17.5 Å². The number of aromatic nitrogens is 5. The van der Waals surface area contributed by atoms with Crippen molar-refractivity contribution in [2.24, 2.45) is 5.10 Å². The van der Waals surface area contributed by atoms with Gasteiger partial charge in [-0.3, -0.25) is 9.69 Å². The fourth-order valence-corrected chi connectivity index (χ4v) is 3.40. The van der Waals surface area contributed by atoms with Crippen molar-refractivity contribution in [1.29, 1.82) is 0 Å². The van der Waals surface area contributed by atoms with Crippen molar-refractivity contribution >= 4 is 29.3 Å². The molecule has 154 valence electrons. The van der Waals surface area contributed by atoms with E-state index < -0.39 is 5.91 Å². The molecule has 0 saturated heterocycles. The van der Waals surface area contributed by atoms with Gasteiger partial charge in [0.1, 0.15) is 0 Å². The van der Waals surface area contributed by atoms with E-state index in [-0.39, 0.29) is 17.3 Å². The van der Waals surface area contributed by atoms with E-state index in [0.29, 0.717) is 12.2 Å². The van der Waals surface area contributed by atoms with E-state index in [1.54, 1.807) is 6.21 Å². The molecule has 0 fully saturated rings. The summed E-state index contributed by atoms with van der Waals surface area (Å²) in [6, 6.07) is 3.81. The molecule has 3 heterocycles. The minimum Gasteiger partial charge on any atom is -0.378 e. The van der Waals surface area contributed by atoms with Gasteiger partial charge in [0, 0.05) is 11.4 Å². The van der Waals surface area contributed by atoms with Gasteiger partial charge >= 0.3 is 0 Å². The number of nitrogen functional groups attached to an aromatic ring is 1. The monoisotopic (exact) mass is 417 g/mol. The lowest BCUT2D eigenvalue weighted by molar-refractivity contribution is 0.0947. The number of rotatable bonds is 10. The van der Waals surface area contributed by atoms with E-state index in [9.17, 15) is 4.79 Å². The first-order valence-corrected chi connectivity index (χ1v) is 10.1. The number of nitrogens with two attached hydrogens (primary N) is 1. The lowest BCUT2D eigenvalue weighted by Gasteiger charge is -2.21. The topological polar surface area (TPSA) is 140 Å². The zero-order chi connectivity index (χ0) is 20.6. The molecule has 3 aromatic heterocycles. The predicted octanol–water partition coefficient (Wildman–Crippen LogP) is 1.68. The van der Waals surface area contributed by atoms with E-state index in [1.165, 1.54) is 16.0 Å². The number of hydrazone groups is 1. The van der Waals surface area contributed by atoms with Gasteiger partial charge in [0.05, 0.1) is 11.9 Å². The minimum atomic E-state index is -0.470. The number of carbonyl (C=O) groups is 1. The summed E-state index contributed by atoms with van der Waals surface area (Å²) in [6.45, 7) is 6.38. The third kappa shape index (κ3) is 5.03. The maximum Gasteiger partial charge on any atom is 0.293 e. The molecule has 0 aromatic carbocycles. The number of hydrogen-bond donors (Lipinski definition) is 2. The Morgan fingerprint density at radius 3 is 2.79 bits per heavy atom. The Labute approximate surface area is 171 Å². The molecule has 0 aliphatic heterocycles. The Morgan fingerprint density at radius 2 is 2.17 bits per heavy atom. The van der Waals surface area contributed by atoms with E-state index in [2.05, 4.69) is 54.5 Å². The molecule has 0 radical (unpaired) electrons. The smallest absolute Gasteiger partial charge is 0.293 e. The molecule has 29 heavy (non-hydrogen) atoms. The highest BCUT2D eigenvalue weighted by atomic mass is 32.1. The van der Waals surface area contributed by atoms with Crippen LogP contribution in [0, 0.1) is 0 Å². The molecule has 11 nitrogen and oxygen atoms in total. The molecular formula is C17H23N9O2S. The number of carbonyl (C=O) groups excluding carboxylic acids is 1. The number of nitrogens with one attached hydrogen (secondary N) is 1. The van der Waals surface area contributed by atoms with Crippen molar-refractivity contribution in [3.05, 3.63) is 33.8 Å². The maximum atomic E-state index is 12.7. The van der Waals surface area contributed by atoms with E-state index in [4.69, 9.17) is 5.73 Å². The summed E-state index contributed by atoms with van der Waals surface area (Å²) in [6.07, 6.45) is 3.52. The normalized spacial score (nSPS) is 11.6. The van der Waals surface area contributed by atoms with Crippen molar-refractivity contribution in [2.75, 3.05) is 18.8 Å². The average Bonchev–Trinajstić information content (AvgIpc) is 3.43. The molecular weight excluding hydrogens is 394 g/mol. The van der Waals surface area contributed by atoms with Crippen molar-refractivity contribution in [2.45, 2.75) is 33.2 Å². The van der Waals surface area contributed by atoms with Crippen LogP contribution in [-0.2, 0) is 6.54 Å². The van der Waals surface area contributed by atoms with Gasteiger partial charge in [-0.1, -0.05) is 25.1 Å². The number of hydrogen-bond acceptors (Lipinski definition) is 10. The van der Waals surface area contributed by atoms with Crippen LogP contribution in [0.1, 0.15) is 47.7 Å². The molecule has 0 bridgehead atoms. The number of nitrogens with zero attached hydrogens (tertiary/aromatic N) is 7. The van der Waals surface area contributed by atoms with Gasteiger partial charge in [-0.15, -0.1) is 16.4 Å². The van der Waals surface area contributed by atoms with Crippen molar-refractivity contribution < 1.29 is 9.42 Å². The molecule has 3 aromatic rings. The Kier molecular flexibility index (Phi) is 7.03. The molecule has 12 heteroatoms. The third-order valence-corrected chi connectivity index (χ3v) is 4.84. The highest BCUT2D eigenvalue weighted by Gasteiger charge is 2.25. The SMILES string of the molecule is CCCN(CCC)Cc1c(C(=O)N/N=C/c2cccs2)nnn1-c1nonc1N. The minimum absolute atomic E-state index is 0.0661. The molecule has 0 unspecified atom stereocenters. The summed E-state index contributed by atoms with van der Waals surface area (Å²) in [5.74, 6) is -0.208. The molecule has 1 amide bonds. The van der Waals surface area contributed by atoms with Crippen molar-refractivity contribution in [1.82, 2.24) is 35.6 Å². The van der Waals surface area contributed by atoms with Gasteiger partial charge < -0.3 is 5.73 Å². The van der Waals surface area contributed by atoms with Gasteiger partial charge in [-0.25, -0.2) is 10.1 Å². The molecule has 0 atom stereocenters. The van der Waals surface area contributed by atoms with Crippen LogP contribution in [0.15, 0.2) is 27.2 Å². The Morgan fingerprint density at radius 1 is 1.38 bits per heavy atom. The molecule has 0 aliphatic rings. The second-order valence-corrected chi connectivity index (χ2v) is 7.24. The van der Waals surface area contributed by atoms with Crippen LogP contribution in [0.3, 0.4) is 0 Å². The first kappa shape index (κ1) is 20.6. The second-order valence-electron chi connectivity index (χ2n) is 6.26. The lowest BCUT2D eigenvalue weighted by atomic mass is 10.2. The van der Waals surface area contributed by atoms with Crippen LogP contribution < -0.4 is 11.2 Å².